The van der Waals surface area contributed by atoms with Gasteiger partial charge in [-0.15, -0.1) is 0 Å². The molecule has 4 heteroatoms. The van der Waals surface area contributed by atoms with Crippen molar-refractivity contribution in [1.82, 2.24) is 0 Å². The Balaban J connectivity index is 2.91. The molecule has 0 aliphatic carbocycles. The Kier molecular flexibility index (Phi) is 5.07. The fourth-order valence-electron chi connectivity index (χ4n) is 1.58. The van der Waals surface area contributed by atoms with Gasteiger partial charge in [0.2, 0.25) is 0 Å². The zero-order valence-electron chi connectivity index (χ0n) is 10.3. The number of benzene rings is 1. The van der Waals surface area contributed by atoms with Gasteiger partial charge in [-0.05, 0) is 24.1 Å². The topological polar surface area (TPSA) is 64.7 Å². The lowest BCUT2D eigenvalue weighted by Gasteiger charge is -2.11. The number of rotatable bonds is 4. The van der Waals surface area contributed by atoms with Crippen molar-refractivity contribution in [2.75, 3.05) is 0 Å². The molecule has 1 unspecified atom stereocenters. The zero-order chi connectivity index (χ0) is 13.7. The van der Waals surface area contributed by atoms with Gasteiger partial charge in [-0.1, -0.05) is 35.8 Å². The van der Waals surface area contributed by atoms with Crippen molar-refractivity contribution >= 4 is 21.7 Å². The molecule has 0 fully saturated rings. The van der Waals surface area contributed by atoms with Crippen LogP contribution in [0.4, 0.5) is 0 Å². The van der Waals surface area contributed by atoms with Crippen LogP contribution in [-0.4, -0.2) is 10.6 Å². The van der Waals surface area contributed by atoms with Crippen molar-refractivity contribution < 1.29 is 4.79 Å². The number of hydrogen-bond donors (Lipinski definition) is 0. The molecule has 0 aliphatic rings. The minimum absolute atomic E-state index is 0.0248. The summed E-state index contributed by atoms with van der Waals surface area (Å²) in [7, 11) is 0. The highest BCUT2D eigenvalue weighted by atomic mass is 79.9. The number of Topliss-reactive ketones (excluding diaryl/α,β-unsaturated/α-hetero) is 1. The molecule has 18 heavy (non-hydrogen) atoms. The molecule has 1 rings (SSSR count). The lowest BCUT2D eigenvalue weighted by atomic mass is 9.98. The standard InChI is InChI=1S/C14H13BrN2O/c1-9(2)14(18)13(15)6-10-3-4-11(7-16)12(5-10)8-17/h3-5,9,13H,6H2,1-2H3. The molecular formula is C14H13BrN2O. The first kappa shape index (κ1) is 14.4. The first-order chi connectivity index (χ1) is 8.49. The largest absolute Gasteiger partial charge is 0.298 e. The molecule has 0 bridgehead atoms. The number of carbonyl (C=O) groups is 1. The van der Waals surface area contributed by atoms with Crippen molar-refractivity contribution in [3.63, 3.8) is 0 Å². The second-order valence-electron chi connectivity index (χ2n) is 4.33. The summed E-state index contributed by atoms with van der Waals surface area (Å²) in [6, 6.07) is 9.02. The fourth-order valence-corrected chi connectivity index (χ4v) is 2.48. The van der Waals surface area contributed by atoms with E-state index in [4.69, 9.17) is 10.5 Å². The van der Waals surface area contributed by atoms with Gasteiger partial charge < -0.3 is 0 Å². The number of hydrogen-bond acceptors (Lipinski definition) is 3. The predicted octanol–water partition coefficient (Wildman–Crippen LogP) is 2.96. The minimum atomic E-state index is -0.253. The Hall–Kier alpha value is -1.65. The molecule has 0 saturated heterocycles. The van der Waals surface area contributed by atoms with E-state index in [0.717, 1.165) is 5.56 Å². The van der Waals surface area contributed by atoms with E-state index in [9.17, 15) is 4.79 Å². The smallest absolute Gasteiger partial charge is 0.149 e. The molecule has 0 aromatic heterocycles. The maximum absolute atomic E-state index is 11.8. The average Bonchev–Trinajstić information content (AvgIpc) is 2.37. The molecule has 1 aromatic carbocycles. The van der Waals surface area contributed by atoms with Gasteiger partial charge in [0.15, 0.2) is 0 Å². The molecule has 0 heterocycles. The monoisotopic (exact) mass is 304 g/mol. The van der Waals surface area contributed by atoms with Crippen LogP contribution in [0.2, 0.25) is 0 Å². The maximum Gasteiger partial charge on any atom is 0.149 e. The molecule has 1 atom stereocenters. The van der Waals surface area contributed by atoms with Crippen molar-refractivity contribution in [2.24, 2.45) is 5.92 Å². The van der Waals surface area contributed by atoms with Crippen molar-refractivity contribution in [3.05, 3.63) is 34.9 Å². The second kappa shape index (κ2) is 6.33. The molecule has 0 radical (unpaired) electrons. The average molecular weight is 305 g/mol. The number of alkyl halides is 1. The van der Waals surface area contributed by atoms with E-state index in [2.05, 4.69) is 15.9 Å². The van der Waals surface area contributed by atoms with E-state index in [0.29, 0.717) is 17.5 Å². The van der Waals surface area contributed by atoms with Gasteiger partial charge >= 0.3 is 0 Å². The molecule has 0 N–H and O–H groups in total. The molecule has 0 amide bonds. The van der Waals surface area contributed by atoms with E-state index in [1.165, 1.54) is 0 Å². The summed E-state index contributed by atoms with van der Waals surface area (Å²) in [6.07, 6.45) is 0.525. The van der Waals surface area contributed by atoms with Crippen LogP contribution in [0.3, 0.4) is 0 Å². The highest BCUT2D eigenvalue weighted by Gasteiger charge is 2.18. The Bertz CT molecular complexity index is 538. The van der Waals surface area contributed by atoms with Crippen LogP contribution in [0.25, 0.3) is 0 Å². The fraction of sp³-hybridized carbons (Fsp3) is 0.357. The van der Waals surface area contributed by atoms with Crippen molar-refractivity contribution in [3.8, 4) is 12.1 Å². The Labute approximate surface area is 115 Å². The van der Waals surface area contributed by atoms with E-state index >= 15 is 0 Å². The highest BCUT2D eigenvalue weighted by Crippen LogP contribution is 2.17. The maximum atomic E-state index is 11.8. The Morgan fingerprint density at radius 3 is 2.39 bits per heavy atom. The predicted molar refractivity (Wildman–Crippen MR) is 72.1 cm³/mol. The second-order valence-corrected chi connectivity index (χ2v) is 5.44. The van der Waals surface area contributed by atoms with Gasteiger partial charge in [0.1, 0.15) is 17.9 Å². The van der Waals surface area contributed by atoms with Crippen LogP contribution in [0.1, 0.15) is 30.5 Å². The van der Waals surface area contributed by atoms with Crippen LogP contribution in [0.5, 0.6) is 0 Å². The Morgan fingerprint density at radius 1 is 1.28 bits per heavy atom. The van der Waals surface area contributed by atoms with E-state index in [1.54, 1.807) is 18.2 Å². The summed E-state index contributed by atoms with van der Waals surface area (Å²) in [5, 5.41) is 17.7. The number of nitrogens with zero attached hydrogens (tertiary/aromatic N) is 2. The third-order valence-corrected chi connectivity index (χ3v) is 3.39. The van der Waals surface area contributed by atoms with E-state index < -0.39 is 0 Å². The first-order valence-electron chi connectivity index (χ1n) is 5.60. The lowest BCUT2D eigenvalue weighted by Crippen LogP contribution is -2.21. The molecule has 1 aromatic rings. The normalized spacial score (nSPS) is 11.7. The van der Waals surface area contributed by atoms with E-state index in [-0.39, 0.29) is 16.5 Å². The van der Waals surface area contributed by atoms with Crippen LogP contribution in [-0.2, 0) is 11.2 Å². The summed E-state index contributed by atoms with van der Waals surface area (Å²) in [5.41, 5.74) is 1.59. The van der Waals surface area contributed by atoms with Gasteiger partial charge in [-0.3, -0.25) is 4.79 Å². The van der Waals surface area contributed by atoms with Gasteiger partial charge in [0.25, 0.3) is 0 Å². The van der Waals surface area contributed by atoms with E-state index in [1.807, 2.05) is 26.0 Å². The molecule has 0 spiro atoms. The zero-order valence-corrected chi connectivity index (χ0v) is 11.9. The summed E-state index contributed by atoms with van der Waals surface area (Å²) < 4.78 is 0. The molecule has 0 aliphatic heterocycles. The van der Waals surface area contributed by atoms with Gasteiger partial charge in [-0.2, -0.15) is 10.5 Å². The van der Waals surface area contributed by atoms with Gasteiger partial charge in [0, 0.05) is 5.92 Å². The van der Waals surface area contributed by atoms with Crippen LogP contribution in [0, 0.1) is 28.6 Å². The minimum Gasteiger partial charge on any atom is -0.298 e. The van der Waals surface area contributed by atoms with Crippen LogP contribution < -0.4 is 0 Å². The molecule has 92 valence electrons. The highest BCUT2D eigenvalue weighted by molar-refractivity contribution is 9.10. The van der Waals surface area contributed by atoms with Crippen molar-refractivity contribution in [2.45, 2.75) is 25.1 Å². The SMILES string of the molecule is CC(C)C(=O)C(Br)Cc1ccc(C#N)c(C#N)c1. The summed E-state index contributed by atoms with van der Waals surface area (Å²) >= 11 is 3.37. The molecule has 0 saturated carbocycles. The van der Waals surface area contributed by atoms with Gasteiger partial charge in [-0.25, -0.2) is 0 Å². The quantitative estimate of drug-likeness (QED) is 0.803. The van der Waals surface area contributed by atoms with Crippen molar-refractivity contribution in [1.29, 1.82) is 10.5 Å². The molecular weight excluding hydrogens is 292 g/mol. The molecule has 3 nitrogen and oxygen atoms in total. The number of halogens is 1. The lowest BCUT2D eigenvalue weighted by molar-refractivity contribution is -0.121. The Morgan fingerprint density at radius 2 is 1.89 bits per heavy atom. The number of carbonyl (C=O) groups excluding carboxylic acids is 1. The van der Waals surface area contributed by atoms with Gasteiger partial charge in [0.05, 0.1) is 16.0 Å². The first-order valence-corrected chi connectivity index (χ1v) is 6.52. The third kappa shape index (κ3) is 3.42. The summed E-state index contributed by atoms with van der Waals surface area (Å²) in [5.74, 6) is 0.112. The number of nitriles is 2. The van der Waals surface area contributed by atoms with Crippen LogP contribution in [0.15, 0.2) is 18.2 Å². The summed E-state index contributed by atoms with van der Waals surface area (Å²) in [4.78, 5) is 11.5. The summed E-state index contributed by atoms with van der Waals surface area (Å²) in [6.45, 7) is 3.71. The van der Waals surface area contributed by atoms with Crippen LogP contribution >= 0.6 is 15.9 Å². The number of ketones is 1. The third-order valence-electron chi connectivity index (χ3n) is 2.62.